The first-order valence-corrected chi connectivity index (χ1v) is 12.8. The Labute approximate surface area is 226 Å². The Kier molecular flexibility index (Phi) is 8.18. The largest absolute Gasteiger partial charge is 0.444 e. The highest BCUT2D eigenvalue weighted by atomic mass is 19.1. The normalized spacial score (nSPS) is 17.2. The highest BCUT2D eigenvalue weighted by Gasteiger charge is 2.30. The number of nitrogen functional groups attached to an aromatic ring is 1. The fourth-order valence-corrected chi connectivity index (χ4v) is 4.51. The van der Waals surface area contributed by atoms with E-state index in [9.17, 15) is 9.59 Å². The monoisotopic (exact) mass is 535 g/mol. The number of nitrogens with zero attached hydrogens (tertiary/aromatic N) is 2. The number of aromatic nitrogens is 2. The van der Waals surface area contributed by atoms with Gasteiger partial charge in [-0.3, -0.25) is 9.78 Å². The van der Waals surface area contributed by atoms with Crippen molar-refractivity contribution in [2.45, 2.75) is 64.1 Å². The Bertz CT molecular complexity index is 1360. The molecule has 0 bridgehead atoms. The van der Waals surface area contributed by atoms with Gasteiger partial charge in [0.25, 0.3) is 5.91 Å². The molecule has 2 amide bonds. The molecule has 1 fully saturated rings. The van der Waals surface area contributed by atoms with E-state index in [1.807, 2.05) is 24.3 Å². The number of ether oxygens (including phenoxy) is 1. The maximum absolute atomic E-state index is 15.1. The topological polar surface area (TPSA) is 157 Å². The Morgan fingerprint density at radius 2 is 1.77 bits per heavy atom. The van der Waals surface area contributed by atoms with Gasteiger partial charge in [0.1, 0.15) is 11.4 Å². The van der Waals surface area contributed by atoms with Gasteiger partial charge in [-0.15, -0.1) is 0 Å². The van der Waals surface area contributed by atoms with Crippen LogP contribution in [0.3, 0.4) is 0 Å². The van der Waals surface area contributed by atoms with E-state index in [2.05, 4.69) is 25.9 Å². The van der Waals surface area contributed by atoms with E-state index in [1.54, 1.807) is 39.2 Å². The molecule has 11 heteroatoms. The Balaban J connectivity index is 1.58. The SMILES string of the molecule is CC(C)(C)OC(=O)N[C@H]1CCCC[C@H]1Nc1nc(Nc2cncc(-c3cccc(N)c3)c2)c(C(N)=O)cc1F. The van der Waals surface area contributed by atoms with Gasteiger partial charge in [-0.2, -0.15) is 0 Å². The van der Waals surface area contributed by atoms with E-state index in [1.165, 1.54) is 0 Å². The van der Waals surface area contributed by atoms with Gasteiger partial charge < -0.3 is 32.2 Å². The summed E-state index contributed by atoms with van der Waals surface area (Å²) in [5.74, 6) is -1.56. The molecule has 2 atom stereocenters. The average Bonchev–Trinajstić information content (AvgIpc) is 2.86. The smallest absolute Gasteiger partial charge is 0.407 e. The van der Waals surface area contributed by atoms with E-state index < -0.39 is 23.4 Å². The standard InChI is InChI=1S/C28H34FN7O3/c1-28(2,3)39-27(38)35-23-10-5-4-9-22(23)34-26-21(29)13-20(24(31)37)25(36-26)33-19-12-17(14-32-15-19)16-7-6-8-18(30)11-16/h6-8,11-15,22-23H,4-5,9-10,30H2,1-3H3,(H2,31,37)(H,35,38)(H2,33,34,36)/t22-,23+/m1/s1. The molecule has 1 aliphatic carbocycles. The van der Waals surface area contributed by atoms with Crippen LogP contribution in [0, 0.1) is 5.82 Å². The summed E-state index contributed by atoms with van der Waals surface area (Å²) in [6, 6.07) is 9.62. The van der Waals surface area contributed by atoms with Gasteiger partial charge in [-0.25, -0.2) is 14.2 Å². The summed E-state index contributed by atoms with van der Waals surface area (Å²) < 4.78 is 20.5. The molecule has 0 saturated heterocycles. The van der Waals surface area contributed by atoms with Gasteiger partial charge in [0.2, 0.25) is 0 Å². The molecule has 0 unspecified atom stereocenters. The maximum Gasteiger partial charge on any atom is 0.407 e. The van der Waals surface area contributed by atoms with Crippen LogP contribution in [0.2, 0.25) is 0 Å². The zero-order valence-electron chi connectivity index (χ0n) is 22.3. The summed E-state index contributed by atoms with van der Waals surface area (Å²) in [7, 11) is 0. The van der Waals surface area contributed by atoms with Gasteiger partial charge >= 0.3 is 6.09 Å². The molecule has 1 aliphatic rings. The summed E-state index contributed by atoms with van der Waals surface area (Å²) in [5, 5.41) is 9.07. The van der Waals surface area contributed by atoms with Crippen molar-refractivity contribution in [1.82, 2.24) is 15.3 Å². The first kappa shape index (κ1) is 27.6. The molecule has 2 heterocycles. The molecule has 1 saturated carbocycles. The van der Waals surface area contributed by atoms with Crippen LogP contribution in [-0.4, -0.2) is 39.7 Å². The van der Waals surface area contributed by atoms with Crippen molar-refractivity contribution >= 4 is 35.0 Å². The van der Waals surface area contributed by atoms with Gasteiger partial charge in [-0.05, 0) is 63.4 Å². The minimum Gasteiger partial charge on any atom is -0.444 e. The Morgan fingerprint density at radius 1 is 1.03 bits per heavy atom. The lowest BCUT2D eigenvalue weighted by molar-refractivity contribution is 0.0488. The third-order valence-corrected chi connectivity index (χ3v) is 6.25. The Morgan fingerprint density at radius 3 is 2.46 bits per heavy atom. The van der Waals surface area contributed by atoms with Crippen molar-refractivity contribution in [1.29, 1.82) is 0 Å². The number of anilines is 4. The molecule has 7 N–H and O–H groups in total. The van der Waals surface area contributed by atoms with Crippen LogP contribution in [0.15, 0.2) is 48.8 Å². The zero-order chi connectivity index (χ0) is 28.2. The summed E-state index contributed by atoms with van der Waals surface area (Å²) in [4.78, 5) is 33.2. The Hall–Kier alpha value is -4.41. The summed E-state index contributed by atoms with van der Waals surface area (Å²) in [6.45, 7) is 5.37. The van der Waals surface area contributed by atoms with Crippen molar-refractivity contribution in [3.8, 4) is 11.1 Å². The number of hydrogen-bond donors (Lipinski definition) is 5. The number of primary amides is 1. The number of pyridine rings is 2. The van der Waals surface area contributed by atoms with Crippen molar-refractivity contribution in [2.75, 3.05) is 16.4 Å². The molecule has 4 rings (SSSR count). The number of nitrogens with one attached hydrogen (secondary N) is 3. The molecule has 0 spiro atoms. The van der Waals surface area contributed by atoms with Crippen LogP contribution in [0.25, 0.3) is 11.1 Å². The minimum atomic E-state index is -0.836. The van der Waals surface area contributed by atoms with E-state index in [-0.39, 0.29) is 29.3 Å². The van der Waals surface area contributed by atoms with Gasteiger partial charge in [0, 0.05) is 23.5 Å². The number of rotatable bonds is 7. The third-order valence-electron chi connectivity index (χ3n) is 6.25. The third kappa shape index (κ3) is 7.34. The summed E-state index contributed by atoms with van der Waals surface area (Å²) in [6.07, 6.45) is 5.91. The molecule has 2 aromatic heterocycles. The lowest BCUT2D eigenvalue weighted by atomic mass is 9.90. The maximum atomic E-state index is 15.1. The molecule has 0 radical (unpaired) electrons. The van der Waals surface area contributed by atoms with Crippen LogP contribution >= 0.6 is 0 Å². The highest BCUT2D eigenvalue weighted by Crippen LogP contribution is 2.29. The lowest BCUT2D eigenvalue weighted by Gasteiger charge is -2.34. The van der Waals surface area contributed by atoms with Crippen LogP contribution in [0.4, 0.5) is 32.2 Å². The number of alkyl carbamates (subject to hydrolysis) is 1. The predicted octanol–water partition coefficient (Wildman–Crippen LogP) is 4.96. The molecular weight excluding hydrogens is 501 g/mol. The fourth-order valence-electron chi connectivity index (χ4n) is 4.51. The van der Waals surface area contributed by atoms with E-state index in [0.29, 0.717) is 24.2 Å². The second-order valence-corrected chi connectivity index (χ2v) is 10.6. The highest BCUT2D eigenvalue weighted by molar-refractivity contribution is 5.98. The van der Waals surface area contributed by atoms with Crippen LogP contribution in [-0.2, 0) is 4.74 Å². The molecule has 3 aromatic rings. The molecule has 1 aromatic carbocycles. The van der Waals surface area contributed by atoms with Crippen molar-refractivity contribution in [2.24, 2.45) is 5.73 Å². The van der Waals surface area contributed by atoms with Gasteiger partial charge in [0.05, 0.1) is 23.5 Å². The lowest BCUT2D eigenvalue weighted by Crippen LogP contribution is -2.50. The predicted molar refractivity (Wildman–Crippen MR) is 149 cm³/mol. The van der Waals surface area contributed by atoms with Gasteiger partial charge in [-0.1, -0.05) is 25.0 Å². The number of halogens is 1. The second-order valence-electron chi connectivity index (χ2n) is 10.6. The summed E-state index contributed by atoms with van der Waals surface area (Å²) >= 11 is 0. The van der Waals surface area contributed by atoms with Crippen molar-refractivity contribution in [3.63, 3.8) is 0 Å². The fraction of sp³-hybridized carbons (Fsp3) is 0.357. The molecule has 39 heavy (non-hydrogen) atoms. The molecule has 206 valence electrons. The molecule has 0 aliphatic heterocycles. The second kappa shape index (κ2) is 11.5. The van der Waals surface area contributed by atoms with Crippen LogP contribution in [0.1, 0.15) is 56.8 Å². The van der Waals surface area contributed by atoms with E-state index in [4.69, 9.17) is 16.2 Å². The van der Waals surface area contributed by atoms with Crippen LogP contribution in [0.5, 0.6) is 0 Å². The summed E-state index contributed by atoms with van der Waals surface area (Å²) in [5.41, 5.74) is 13.5. The first-order valence-electron chi connectivity index (χ1n) is 12.8. The number of benzene rings is 1. The number of amides is 2. The van der Waals surface area contributed by atoms with E-state index >= 15 is 4.39 Å². The molecular formula is C28H34FN7O3. The quantitative estimate of drug-likeness (QED) is 0.266. The number of carbonyl (C=O) groups excluding carboxylic acids is 2. The number of carbonyl (C=O) groups is 2. The van der Waals surface area contributed by atoms with E-state index in [0.717, 1.165) is 30.0 Å². The average molecular weight is 536 g/mol. The minimum absolute atomic E-state index is 0.0645. The first-order chi connectivity index (χ1) is 18.5. The van der Waals surface area contributed by atoms with Crippen molar-refractivity contribution < 1.29 is 18.7 Å². The number of nitrogens with two attached hydrogens (primary N) is 2. The number of hydrogen-bond acceptors (Lipinski definition) is 8. The van der Waals surface area contributed by atoms with Gasteiger partial charge in [0.15, 0.2) is 11.6 Å². The molecule has 10 nitrogen and oxygen atoms in total. The van der Waals surface area contributed by atoms with Crippen LogP contribution < -0.4 is 27.4 Å². The zero-order valence-corrected chi connectivity index (χ0v) is 22.3. The van der Waals surface area contributed by atoms with Crippen molar-refractivity contribution in [3.05, 3.63) is 60.2 Å².